The van der Waals surface area contributed by atoms with Gasteiger partial charge in [0, 0.05) is 24.4 Å². The van der Waals surface area contributed by atoms with Crippen LogP contribution in [-0.2, 0) is 4.74 Å². The van der Waals surface area contributed by atoms with Gasteiger partial charge >= 0.3 is 6.09 Å². The topological polar surface area (TPSA) is 68.2 Å². The normalized spacial score (nSPS) is 25.8. The monoisotopic (exact) mass is 391 g/mol. The Hall–Kier alpha value is -1.95. The molecule has 2 atom stereocenters. The molecule has 1 aromatic rings. The molecule has 1 saturated heterocycles. The van der Waals surface area contributed by atoms with Crippen molar-refractivity contribution in [3.05, 3.63) is 23.8 Å². The molecule has 0 spiro atoms. The van der Waals surface area contributed by atoms with Crippen LogP contribution in [0.2, 0.25) is 0 Å². The summed E-state index contributed by atoms with van der Waals surface area (Å²) in [6.07, 6.45) is 4.37. The fourth-order valence-corrected chi connectivity index (χ4v) is 4.54. The molecule has 1 aliphatic heterocycles. The molecule has 6 nitrogen and oxygen atoms in total. The predicted octanol–water partition coefficient (Wildman–Crippen LogP) is 3.96. The van der Waals surface area contributed by atoms with Crippen molar-refractivity contribution in [2.75, 3.05) is 27.3 Å². The number of ether oxygens (including phenoxy) is 3. The third kappa shape index (κ3) is 3.79. The van der Waals surface area contributed by atoms with Crippen LogP contribution in [0, 0.1) is 5.41 Å². The van der Waals surface area contributed by atoms with Crippen molar-refractivity contribution in [1.29, 1.82) is 0 Å². The highest BCUT2D eigenvalue weighted by Crippen LogP contribution is 2.50. The van der Waals surface area contributed by atoms with E-state index in [1.807, 2.05) is 25.1 Å². The number of rotatable bonds is 5. The van der Waals surface area contributed by atoms with Crippen molar-refractivity contribution < 1.29 is 24.1 Å². The molecule has 0 radical (unpaired) electrons. The van der Waals surface area contributed by atoms with Crippen LogP contribution >= 0.6 is 0 Å². The van der Waals surface area contributed by atoms with Crippen LogP contribution < -0.4 is 9.47 Å². The van der Waals surface area contributed by atoms with E-state index in [-0.39, 0.29) is 18.1 Å². The summed E-state index contributed by atoms with van der Waals surface area (Å²) in [7, 11) is 3.03. The Morgan fingerprint density at radius 3 is 2.46 bits per heavy atom. The molecule has 3 rings (SSSR count). The van der Waals surface area contributed by atoms with Gasteiger partial charge in [-0.25, -0.2) is 4.79 Å². The van der Waals surface area contributed by atoms with Crippen molar-refractivity contribution in [2.24, 2.45) is 5.41 Å². The summed E-state index contributed by atoms with van der Waals surface area (Å²) in [5.41, 5.74) is -0.474. The van der Waals surface area contributed by atoms with Crippen LogP contribution in [0.25, 0.3) is 0 Å². The largest absolute Gasteiger partial charge is 0.493 e. The number of methoxy groups -OCH3 is 2. The van der Waals surface area contributed by atoms with Gasteiger partial charge in [0.2, 0.25) is 0 Å². The maximum atomic E-state index is 12.2. The number of hydrogen-bond donors (Lipinski definition) is 1. The molecule has 2 aliphatic rings. The van der Waals surface area contributed by atoms with E-state index in [1.54, 1.807) is 25.9 Å². The first kappa shape index (κ1) is 20.8. The molecule has 2 fully saturated rings. The smallest absolute Gasteiger partial charge is 0.409 e. The van der Waals surface area contributed by atoms with Crippen molar-refractivity contribution in [2.45, 2.75) is 64.1 Å². The molecule has 1 heterocycles. The highest BCUT2D eigenvalue weighted by atomic mass is 16.5. The van der Waals surface area contributed by atoms with E-state index in [0.717, 1.165) is 24.2 Å². The van der Waals surface area contributed by atoms with Crippen molar-refractivity contribution >= 4 is 6.09 Å². The van der Waals surface area contributed by atoms with Gasteiger partial charge in [0.1, 0.15) is 0 Å². The van der Waals surface area contributed by atoms with Crippen LogP contribution in [0.5, 0.6) is 11.5 Å². The number of aliphatic hydroxyl groups is 1. The molecule has 6 heteroatoms. The van der Waals surface area contributed by atoms with E-state index in [1.165, 1.54) is 20.0 Å². The standard InChI is InChI=1S/C22H33NO5/c1-21(2,25)22(3)14-23(20(24)27-5)13-17(22)15-10-11-18(26-4)19(12-15)28-16-8-6-7-9-16/h10-12,16-17,25H,6-9,13-14H2,1-5H3/t17-,22?/m0/s1. The van der Waals surface area contributed by atoms with Crippen LogP contribution in [0.4, 0.5) is 4.79 Å². The van der Waals surface area contributed by atoms with Crippen molar-refractivity contribution in [3.63, 3.8) is 0 Å². The van der Waals surface area contributed by atoms with Crippen molar-refractivity contribution in [1.82, 2.24) is 4.90 Å². The average Bonchev–Trinajstić information content (AvgIpc) is 3.29. The molecule has 0 bridgehead atoms. The zero-order valence-corrected chi connectivity index (χ0v) is 17.7. The molecule has 0 aromatic heterocycles. The van der Waals surface area contributed by atoms with E-state index in [4.69, 9.17) is 14.2 Å². The highest BCUT2D eigenvalue weighted by Gasteiger charge is 2.53. The first-order valence-corrected chi connectivity index (χ1v) is 10.1. The zero-order valence-electron chi connectivity index (χ0n) is 17.7. The van der Waals surface area contributed by atoms with Crippen molar-refractivity contribution in [3.8, 4) is 11.5 Å². The first-order valence-electron chi connectivity index (χ1n) is 10.1. The lowest BCUT2D eigenvalue weighted by molar-refractivity contribution is -0.0468. The summed E-state index contributed by atoms with van der Waals surface area (Å²) in [5.74, 6) is 1.40. The summed E-state index contributed by atoms with van der Waals surface area (Å²) in [4.78, 5) is 13.9. The van der Waals surface area contributed by atoms with Gasteiger partial charge < -0.3 is 24.2 Å². The lowest BCUT2D eigenvalue weighted by Crippen LogP contribution is -2.46. The first-order chi connectivity index (χ1) is 13.2. The third-order valence-electron chi connectivity index (χ3n) is 6.71. The summed E-state index contributed by atoms with van der Waals surface area (Å²) < 4.78 is 16.7. The maximum absolute atomic E-state index is 12.2. The second-order valence-electron chi connectivity index (χ2n) is 8.81. The molecule has 1 N–H and O–H groups in total. The summed E-state index contributed by atoms with van der Waals surface area (Å²) >= 11 is 0. The Balaban J connectivity index is 1.95. The lowest BCUT2D eigenvalue weighted by Gasteiger charge is -2.41. The van der Waals surface area contributed by atoms with Gasteiger partial charge in [-0.15, -0.1) is 0 Å². The Kier molecular flexibility index (Phi) is 5.80. The average molecular weight is 392 g/mol. The van der Waals surface area contributed by atoms with Gasteiger partial charge in [0.15, 0.2) is 11.5 Å². The minimum Gasteiger partial charge on any atom is -0.493 e. The molecular weight excluding hydrogens is 358 g/mol. The molecule has 1 aliphatic carbocycles. The third-order valence-corrected chi connectivity index (χ3v) is 6.71. The summed E-state index contributed by atoms with van der Waals surface area (Å²) in [6.45, 7) is 6.56. The zero-order chi connectivity index (χ0) is 20.5. The lowest BCUT2D eigenvalue weighted by atomic mass is 9.66. The minimum atomic E-state index is -0.979. The summed E-state index contributed by atoms with van der Waals surface area (Å²) in [6, 6.07) is 5.95. The Labute approximate surface area is 167 Å². The minimum absolute atomic E-state index is 0.0524. The molecule has 156 valence electrons. The van der Waals surface area contributed by atoms with Gasteiger partial charge in [-0.05, 0) is 57.2 Å². The number of benzene rings is 1. The van der Waals surface area contributed by atoms with E-state index in [0.29, 0.717) is 18.8 Å². The predicted molar refractivity (Wildman–Crippen MR) is 107 cm³/mol. The number of likely N-dealkylation sites (tertiary alicyclic amines) is 1. The van der Waals surface area contributed by atoms with Gasteiger partial charge in [0.05, 0.1) is 25.9 Å². The molecule has 1 aromatic carbocycles. The number of amides is 1. The van der Waals surface area contributed by atoms with Gasteiger partial charge in [-0.1, -0.05) is 13.0 Å². The SMILES string of the molecule is COC(=O)N1C[C@@H](c2ccc(OC)c(OC3CCCC3)c2)C(C)(C(C)(C)O)C1. The Bertz CT molecular complexity index is 707. The van der Waals surface area contributed by atoms with Crippen LogP contribution in [-0.4, -0.2) is 55.1 Å². The van der Waals surface area contributed by atoms with Crippen LogP contribution in [0.15, 0.2) is 18.2 Å². The molecule has 1 amide bonds. The Morgan fingerprint density at radius 2 is 1.89 bits per heavy atom. The Morgan fingerprint density at radius 1 is 1.21 bits per heavy atom. The highest BCUT2D eigenvalue weighted by molar-refractivity contribution is 5.68. The van der Waals surface area contributed by atoms with E-state index < -0.39 is 11.0 Å². The van der Waals surface area contributed by atoms with Crippen LogP contribution in [0.3, 0.4) is 0 Å². The number of nitrogens with zero attached hydrogens (tertiary/aromatic N) is 1. The second-order valence-corrected chi connectivity index (χ2v) is 8.81. The fraction of sp³-hybridized carbons (Fsp3) is 0.682. The van der Waals surface area contributed by atoms with E-state index in [9.17, 15) is 9.90 Å². The van der Waals surface area contributed by atoms with Crippen LogP contribution in [0.1, 0.15) is 57.9 Å². The number of hydrogen-bond acceptors (Lipinski definition) is 5. The van der Waals surface area contributed by atoms with E-state index >= 15 is 0 Å². The second kappa shape index (κ2) is 7.82. The fourth-order valence-electron chi connectivity index (χ4n) is 4.54. The van der Waals surface area contributed by atoms with Gasteiger partial charge in [0.25, 0.3) is 0 Å². The quantitative estimate of drug-likeness (QED) is 0.823. The summed E-state index contributed by atoms with van der Waals surface area (Å²) in [5, 5.41) is 10.9. The van der Waals surface area contributed by atoms with Gasteiger partial charge in [-0.3, -0.25) is 0 Å². The maximum Gasteiger partial charge on any atom is 0.409 e. The molecule has 1 saturated carbocycles. The number of carbonyl (C=O) groups excluding carboxylic acids is 1. The molecular formula is C22H33NO5. The van der Waals surface area contributed by atoms with Gasteiger partial charge in [-0.2, -0.15) is 0 Å². The molecule has 1 unspecified atom stereocenters. The number of carbonyl (C=O) groups is 1. The molecule has 28 heavy (non-hydrogen) atoms. The van der Waals surface area contributed by atoms with E-state index in [2.05, 4.69) is 0 Å².